The Hall–Kier alpha value is -1.99. The third-order valence-electron chi connectivity index (χ3n) is 2.27. The van der Waals surface area contributed by atoms with Gasteiger partial charge in [0.05, 0.1) is 0 Å². The van der Waals surface area contributed by atoms with Crippen LogP contribution in [-0.4, -0.2) is 26.2 Å². The molecular formula is C12H16N4O3. The van der Waals surface area contributed by atoms with E-state index in [-0.39, 0.29) is 6.61 Å². The molecule has 0 fully saturated rings. The summed E-state index contributed by atoms with van der Waals surface area (Å²) >= 11 is 0. The number of hydrogen-bond acceptors (Lipinski definition) is 6. The quantitative estimate of drug-likeness (QED) is 0.828. The second-order valence-electron chi connectivity index (χ2n) is 5.00. The predicted molar refractivity (Wildman–Crippen MR) is 68.1 cm³/mol. The largest absolute Gasteiger partial charge is 0.443 e. The van der Waals surface area contributed by atoms with Crippen LogP contribution in [0.2, 0.25) is 0 Å². The Labute approximate surface area is 110 Å². The lowest BCUT2D eigenvalue weighted by Gasteiger charge is -2.20. The van der Waals surface area contributed by atoms with E-state index in [9.17, 15) is 4.79 Å². The van der Waals surface area contributed by atoms with Crippen LogP contribution < -0.4 is 5.90 Å². The number of nitrogens with two attached hydrogens (primary N) is 1. The lowest BCUT2D eigenvalue weighted by Crippen LogP contribution is -2.28. The summed E-state index contributed by atoms with van der Waals surface area (Å²) in [4.78, 5) is 25.1. The number of ether oxygens (including phenoxy) is 1. The van der Waals surface area contributed by atoms with Crippen molar-refractivity contribution < 1.29 is 14.4 Å². The molecule has 0 aliphatic carbocycles. The van der Waals surface area contributed by atoms with Crippen molar-refractivity contribution >= 4 is 17.3 Å². The Morgan fingerprint density at radius 2 is 2.21 bits per heavy atom. The summed E-state index contributed by atoms with van der Waals surface area (Å²) in [5, 5.41) is 0. The fraction of sp³-hybridized carbons (Fsp3) is 0.417. The highest BCUT2D eigenvalue weighted by atomic mass is 16.6. The Morgan fingerprint density at radius 3 is 2.84 bits per heavy atom. The number of imidazole rings is 1. The Morgan fingerprint density at radius 1 is 1.47 bits per heavy atom. The molecule has 2 N–H and O–H groups in total. The van der Waals surface area contributed by atoms with Gasteiger partial charge >= 0.3 is 6.09 Å². The van der Waals surface area contributed by atoms with Gasteiger partial charge in [0.15, 0.2) is 5.65 Å². The van der Waals surface area contributed by atoms with Gasteiger partial charge in [0.2, 0.25) is 0 Å². The number of nitrogens with zero attached hydrogens (tertiary/aromatic N) is 3. The molecule has 0 aromatic carbocycles. The average Bonchev–Trinajstić information content (AvgIpc) is 2.65. The van der Waals surface area contributed by atoms with Gasteiger partial charge in [-0.3, -0.25) is 4.84 Å². The Kier molecular flexibility index (Phi) is 3.50. The first kappa shape index (κ1) is 13.4. The molecule has 7 nitrogen and oxygen atoms in total. The summed E-state index contributed by atoms with van der Waals surface area (Å²) < 4.78 is 6.60. The van der Waals surface area contributed by atoms with E-state index < -0.39 is 11.7 Å². The minimum absolute atomic E-state index is 0.00436. The molecule has 7 heteroatoms. The van der Waals surface area contributed by atoms with E-state index in [1.165, 1.54) is 4.57 Å². The molecule has 19 heavy (non-hydrogen) atoms. The summed E-state index contributed by atoms with van der Waals surface area (Å²) in [6.07, 6.45) is 1.03. The van der Waals surface area contributed by atoms with Crippen LogP contribution in [0.5, 0.6) is 0 Å². The zero-order chi connectivity index (χ0) is 14.0. The standard InChI is InChI=1S/C12H16N4O3/c1-12(2,3)19-11(17)16-9(7-18-13)15-8-5-4-6-14-10(8)16/h4-6H,7,13H2,1-3H3. The topological polar surface area (TPSA) is 92.3 Å². The van der Waals surface area contributed by atoms with Crippen LogP contribution in [0.3, 0.4) is 0 Å². The van der Waals surface area contributed by atoms with E-state index in [1.54, 1.807) is 39.1 Å². The molecule has 2 heterocycles. The van der Waals surface area contributed by atoms with E-state index in [1.807, 2.05) is 0 Å². The highest BCUT2D eigenvalue weighted by molar-refractivity contribution is 5.85. The van der Waals surface area contributed by atoms with Gasteiger partial charge in [-0.25, -0.2) is 25.2 Å². The summed E-state index contributed by atoms with van der Waals surface area (Å²) in [5.74, 6) is 5.41. The molecular weight excluding hydrogens is 248 g/mol. The summed E-state index contributed by atoms with van der Waals surface area (Å²) in [6, 6.07) is 3.49. The molecule has 0 saturated heterocycles. The fourth-order valence-electron chi connectivity index (χ4n) is 1.63. The molecule has 0 atom stereocenters. The molecule has 2 rings (SSSR count). The number of pyridine rings is 1. The number of carbonyl (C=O) groups is 1. The van der Waals surface area contributed by atoms with Crippen LogP contribution in [0.1, 0.15) is 26.6 Å². The van der Waals surface area contributed by atoms with Crippen LogP contribution >= 0.6 is 0 Å². The van der Waals surface area contributed by atoms with Crippen molar-refractivity contribution in [1.82, 2.24) is 14.5 Å². The van der Waals surface area contributed by atoms with Crippen LogP contribution in [0.15, 0.2) is 18.3 Å². The summed E-state index contributed by atoms with van der Waals surface area (Å²) in [5.41, 5.74) is 0.396. The normalized spacial score (nSPS) is 11.8. The van der Waals surface area contributed by atoms with Crippen molar-refractivity contribution in [3.63, 3.8) is 0 Å². The maximum Gasteiger partial charge on any atom is 0.421 e. The van der Waals surface area contributed by atoms with E-state index in [0.29, 0.717) is 17.0 Å². The van der Waals surface area contributed by atoms with Crippen LogP contribution in [0, 0.1) is 0 Å². The number of aromatic nitrogens is 3. The van der Waals surface area contributed by atoms with Crippen molar-refractivity contribution in [2.75, 3.05) is 0 Å². The van der Waals surface area contributed by atoms with Gasteiger partial charge in [0.25, 0.3) is 0 Å². The highest BCUT2D eigenvalue weighted by Crippen LogP contribution is 2.17. The number of rotatable bonds is 2. The van der Waals surface area contributed by atoms with Crippen molar-refractivity contribution in [1.29, 1.82) is 0 Å². The predicted octanol–water partition coefficient (Wildman–Crippen LogP) is 1.60. The lowest BCUT2D eigenvalue weighted by molar-refractivity contribution is 0.0515. The van der Waals surface area contributed by atoms with E-state index in [2.05, 4.69) is 14.8 Å². The summed E-state index contributed by atoms with van der Waals surface area (Å²) in [6.45, 7) is 5.36. The van der Waals surface area contributed by atoms with Crippen molar-refractivity contribution in [2.24, 2.45) is 5.90 Å². The highest BCUT2D eigenvalue weighted by Gasteiger charge is 2.23. The molecule has 0 amide bonds. The molecule has 0 spiro atoms. The minimum Gasteiger partial charge on any atom is -0.443 e. The molecule has 0 saturated carbocycles. The molecule has 102 valence electrons. The first-order valence-electron chi connectivity index (χ1n) is 5.80. The van der Waals surface area contributed by atoms with Gasteiger partial charge < -0.3 is 4.74 Å². The maximum atomic E-state index is 12.2. The van der Waals surface area contributed by atoms with Gasteiger partial charge in [-0.1, -0.05) is 0 Å². The van der Waals surface area contributed by atoms with E-state index in [4.69, 9.17) is 10.6 Å². The molecule has 0 unspecified atom stereocenters. The number of carbonyl (C=O) groups excluding carboxylic acids is 1. The molecule has 2 aromatic heterocycles. The fourth-order valence-corrected chi connectivity index (χ4v) is 1.63. The molecule has 0 aliphatic heterocycles. The van der Waals surface area contributed by atoms with Gasteiger partial charge in [0, 0.05) is 6.20 Å². The lowest BCUT2D eigenvalue weighted by atomic mass is 10.2. The van der Waals surface area contributed by atoms with Gasteiger partial charge in [-0.05, 0) is 32.9 Å². The third kappa shape index (κ3) is 2.88. The molecule has 0 radical (unpaired) electrons. The Bertz CT molecular complexity index is 601. The van der Waals surface area contributed by atoms with Crippen molar-refractivity contribution in [3.05, 3.63) is 24.2 Å². The zero-order valence-electron chi connectivity index (χ0n) is 11.1. The summed E-state index contributed by atoms with van der Waals surface area (Å²) in [7, 11) is 0. The number of hydrogen-bond donors (Lipinski definition) is 1. The van der Waals surface area contributed by atoms with Gasteiger partial charge in [-0.2, -0.15) is 0 Å². The monoisotopic (exact) mass is 264 g/mol. The van der Waals surface area contributed by atoms with Gasteiger partial charge in [-0.15, -0.1) is 0 Å². The second-order valence-corrected chi connectivity index (χ2v) is 5.00. The van der Waals surface area contributed by atoms with Crippen LogP contribution in [-0.2, 0) is 16.2 Å². The molecule has 0 aliphatic rings. The first-order valence-corrected chi connectivity index (χ1v) is 5.80. The molecule has 2 aromatic rings. The van der Waals surface area contributed by atoms with Crippen molar-refractivity contribution in [3.8, 4) is 0 Å². The number of fused-ring (bicyclic) bond motifs is 1. The van der Waals surface area contributed by atoms with E-state index >= 15 is 0 Å². The van der Waals surface area contributed by atoms with Gasteiger partial charge in [0.1, 0.15) is 23.5 Å². The zero-order valence-corrected chi connectivity index (χ0v) is 11.1. The van der Waals surface area contributed by atoms with Crippen molar-refractivity contribution in [2.45, 2.75) is 33.0 Å². The van der Waals surface area contributed by atoms with Crippen LogP contribution in [0.25, 0.3) is 11.2 Å². The first-order chi connectivity index (χ1) is 8.92. The Balaban J connectivity index is 2.50. The maximum absolute atomic E-state index is 12.2. The second kappa shape index (κ2) is 4.94. The smallest absolute Gasteiger partial charge is 0.421 e. The SMILES string of the molecule is CC(C)(C)OC(=O)n1c(CON)nc2cccnc21. The van der Waals surface area contributed by atoms with E-state index in [0.717, 1.165) is 0 Å². The molecule has 0 bridgehead atoms. The third-order valence-corrected chi connectivity index (χ3v) is 2.27. The van der Waals surface area contributed by atoms with Crippen LogP contribution in [0.4, 0.5) is 4.79 Å². The minimum atomic E-state index is -0.608. The average molecular weight is 264 g/mol.